The van der Waals surface area contributed by atoms with Crippen LogP contribution in [0.15, 0.2) is 10.7 Å². The highest BCUT2D eigenvalue weighted by Crippen LogP contribution is 2.34. The van der Waals surface area contributed by atoms with Crippen molar-refractivity contribution in [2.75, 3.05) is 18.0 Å². The molecule has 2 aromatic rings. The van der Waals surface area contributed by atoms with Crippen molar-refractivity contribution in [2.45, 2.75) is 25.0 Å². The third-order valence-corrected chi connectivity index (χ3v) is 4.88. The summed E-state index contributed by atoms with van der Waals surface area (Å²) < 4.78 is 8.35. The molecule has 0 N–H and O–H groups in total. The minimum atomic E-state index is 0.336. The SMILES string of the molecule is Cn1nc(Br)c2nc(N3CC4CCC(C3)O4)cc(Cl)c21. The van der Waals surface area contributed by atoms with E-state index in [9.17, 15) is 0 Å². The van der Waals surface area contributed by atoms with E-state index in [1.54, 1.807) is 4.68 Å². The molecule has 106 valence electrons. The van der Waals surface area contributed by atoms with Gasteiger partial charge in [0.1, 0.15) is 16.9 Å². The average Bonchev–Trinajstić information content (AvgIpc) is 2.90. The van der Waals surface area contributed by atoms with Gasteiger partial charge in [-0.1, -0.05) is 11.6 Å². The fourth-order valence-electron chi connectivity index (χ4n) is 3.14. The van der Waals surface area contributed by atoms with Crippen LogP contribution in [-0.2, 0) is 11.8 Å². The number of hydrogen-bond donors (Lipinski definition) is 0. The fourth-order valence-corrected chi connectivity index (χ4v) is 3.96. The molecule has 2 bridgehead atoms. The van der Waals surface area contributed by atoms with E-state index in [2.05, 4.69) is 25.9 Å². The van der Waals surface area contributed by atoms with Crippen LogP contribution < -0.4 is 4.90 Å². The Labute approximate surface area is 130 Å². The second-order valence-corrected chi connectivity index (χ2v) is 6.59. The molecule has 7 heteroatoms. The van der Waals surface area contributed by atoms with Crippen molar-refractivity contribution in [3.05, 3.63) is 15.7 Å². The quantitative estimate of drug-likeness (QED) is 0.787. The van der Waals surface area contributed by atoms with Gasteiger partial charge in [-0.25, -0.2) is 4.98 Å². The Balaban J connectivity index is 1.79. The highest BCUT2D eigenvalue weighted by Gasteiger charge is 2.34. The third-order valence-electron chi connectivity index (χ3n) is 4.06. The number of rotatable bonds is 1. The van der Waals surface area contributed by atoms with Crippen molar-refractivity contribution in [1.29, 1.82) is 0 Å². The van der Waals surface area contributed by atoms with Crippen molar-refractivity contribution in [3.8, 4) is 0 Å². The van der Waals surface area contributed by atoms with E-state index < -0.39 is 0 Å². The number of pyridine rings is 1. The zero-order valence-corrected chi connectivity index (χ0v) is 13.4. The molecule has 2 saturated heterocycles. The van der Waals surface area contributed by atoms with Gasteiger partial charge in [0.25, 0.3) is 0 Å². The van der Waals surface area contributed by atoms with Crippen LogP contribution in [0.3, 0.4) is 0 Å². The van der Waals surface area contributed by atoms with Crippen molar-refractivity contribution in [1.82, 2.24) is 14.8 Å². The second kappa shape index (κ2) is 4.58. The largest absolute Gasteiger partial charge is 0.371 e. The highest BCUT2D eigenvalue weighted by molar-refractivity contribution is 9.10. The topological polar surface area (TPSA) is 43.2 Å². The Hall–Kier alpha value is -0.850. The molecule has 2 atom stereocenters. The molecule has 5 nitrogen and oxygen atoms in total. The van der Waals surface area contributed by atoms with E-state index in [0.717, 1.165) is 47.4 Å². The van der Waals surface area contributed by atoms with Gasteiger partial charge in [0, 0.05) is 26.2 Å². The summed E-state index contributed by atoms with van der Waals surface area (Å²) in [4.78, 5) is 7.01. The molecule has 0 radical (unpaired) electrons. The van der Waals surface area contributed by atoms with Crippen molar-refractivity contribution in [3.63, 3.8) is 0 Å². The molecule has 0 amide bonds. The first-order valence-corrected chi connectivity index (χ1v) is 7.88. The minimum Gasteiger partial charge on any atom is -0.371 e. The molecule has 0 spiro atoms. The smallest absolute Gasteiger partial charge is 0.154 e. The maximum atomic E-state index is 6.41. The zero-order chi connectivity index (χ0) is 13.9. The molecule has 2 aliphatic heterocycles. The van der Waals surface area contributed by atoms with E-state index in [1.807, 2.05) is 13.1 Å². The normalized spacial score (nSPS) is 25.6. The van der Waals surface area contributed by atoms with E-state index >= 15 is 0 Å². The summed E-state index contributed by atoms with van der Waals surface area (Å²) in [5.41, 5.74) is 1.67. The molecule has 4 heterocycles. The van der Waals surface area contributed by atoms with Crippen LogP contribution in [0, 0.1) is 0 Å². The predicted molar refractivity (Wildman–Crippen MR) is 81.3 cm³/mol. The van der Waals surface area contributed by atoms with Crippen LogP contribution in [0.5, 0.6) is 0 Å². The van der Waals surface area contributed by atoms with Gasteiger partial charge in [-0.2, -0.15) is 5.10 Å². The average molecular weight is 358 g/mol. The first-order valence-electron chi connectivity index (χ1n) is 6.71. The number of ether oxygens (including phenoxy) is 1. The predicted octanol–water partition coefficient (Wildman–Crippen LogP) is 2.75. The lowest BCUT2D eigenvalue weighted by molar-refractivity contribution is 0.0302. The number of aryl methyl sites for hydroxylation is 1. The van der Waals surface area contributed by atoms with Crippen molar-refractivity contribution < 1.29 is 4.74 Å². The van der Waals surface area contributed by atoms with Gasteiger partial charge in [0.05, 0.1) is 17.2 Å². The summed E-state index contributed by atoms with van der Waals surface area (Å²) in [5.74, 6) is 0.913. The van der Waals surface area contributed by atoms with Crippen LogP contribution in [0.4, 0.5) is 5.82 Å². The molecule has 20 heavy (non-hydrogen) atoms. The second-order valence-electron chi connectivity index (χ2n) is 5.44. The van der Waals surface area contributed by atoms with Crippen LogP contribution in [0.25, 0.3) is 11.0 Å². The Morgan fingerprint density at radius 3 is 2.75 bits per heavy atom. The fraction of sp³-hybridized carbons (Fsp3) is 0.538. The lowest BCUT2D eigenvalue weighted by Gasteiger charge is -2.33. The maximum Gasteiger partial charge on any atom is 0.154 e. The summed E-state index contributed by atoms with van der Waals surface area (Å²) in [5, 5.41) is 5.01. The number of fused-ring (bicyclic) bond motifs is 3. The molecule has 2 aliphatic rings. The van der Waals surface area contributed by atoms with Gasteiger partial charge in [0.15, 0.2) is 4.60 Å². The van der Waals surface area contributed by atoms with Crippen molar-refractivity contribution >= 4 is 44.4 Å². The zero-order valence-electron chi connectivity index (χ0n) is 11.0. The van der Waals surface area contributed by atoms with Crippen LogP contribution in [0.2, 0.25) is 5.02 Å². The Morgan fingerprint density at radius 2 is 2.05 bits per heavy atom. The summed E-state index contributed by atoms with van der Waals surface area (Å²) in [6.45, 7) is 1.78. The van der Waals surface area contributed by atoms with Crippen molar-refractivity contribution in [2.24, 2.45) is 7.05 Å². The first-order chi connectivity index (χ1) is 9.61. The lowest BCUT2D eigenvalue weighted by Crippen LogP contribution is -2.43. The minimum absolute atomic E-state index is 0.336. The highest BCUT2D eigenvalue weighted by atomic mass is 79.9. The summed E-state index contributed by atoms with van der Waals surface area (Å²) in [6, 6.07) is 1.93. The molecule has 4 rings (SSSR count). The van der Waals surface area contributed by atoms with E-state index in [4.69, 9.17) is 21.3 Å². The Bertz CT molecular complexity index is 677. The third kappa shape index (κ3) is 1.93. The standard InChI is InChI=1S/C13H14BrClN4O/c1-18-12-9(15)4-10(16-11(12)13(14)17-18)19-5-7-2-3-8(6-19)20-7/h4,7-8H,2-3,5-6H2,1H3. The van der Waals surface area contributed by atoms with Gasteiger partial charge in [-0.15, -0.1) is 0 Å². The lowest BCUT2D eigenvalue weighted by atomic mass is 10.2. The maximum absolute atomic E-state index is 6.41. The molecular weight excluding hydrogens is 344 g/mol. The Morgan fingerprint density at radius 1 is 1.35 bits per heavy atom. The molecule has 0 aromatic carbocycles. The van der Waals surface area contributed by atoms with Crippen LogP contribution in [-0.4, -0.2) is 40.1 Å². The van der Waals surface area contributed by atoms with Crippen LogP contribution in [0.1, 0.15) is 12.8 Å². The summed E-state index contributed by atoms with van der Waals surface area (Å²) in [7, 11) is 1.87. The van der Waals surface area contributed by atoms with E-state index in [0.29, 0.717) is 17.2 Å². The summed E-state index contributed by atoms with van der Waals surface area (Å²) >= 11 is 9.86. The number of hydrogen-bond acceptors (Lipinski definition) is 4. The molecule has 0 saturated carbocycles. The monoisotopic (exact) mass is 356 g/mol. The van der Waals surface area contributed by atoms with Gasteiger partial charge in [-0.05, 0) is 28.8 Å². The molecule has 2 unspecified atom stereocenters. The number of halogens is 2. The number of aromatic nitrogens is 3. The number of nitrogens with zero attached hydrogens (tertiary/aromatic N) is 4. The summed E-state index contributed by atoms with van der Waals surface area (Å²) in [6.07, 6.45) is 2.96. The first kappa shape index (κ1) is 12.9. The van der Waals surface area contributed by atoms with Crippen LogP contribution >= 0.6 is 27.5 Å². The number of anilines is 1. The molecule has 0 aliphatic carbocycles. The van der Waals surface area contributed by atoms with Gasteiger partial charge >= 0.3 is 0 Å². The molecule has 2 fully saturated rings. The van der Waals surface area contributed by atoms with Gasteiger partial charge < -0.3 is 9.64 Å². The van der Waals surface area contributed by atoms with E-state index in [1.165, 1.54) is 0 Å². The molecule has 2 aromatic heterocycles. The van der Waals surface area contributed by atoms with Gasteiger partial charge in [0.2, 0.25) is 0 Å². The van der Waals surface area contributed by atoms with Gasteiger partial charge in [-0.3, -0.25) is 4.68 Å². The number of morpholine rings is 1. The Kier molecular flexibility index (Phi) is 2.94. The molecular formula is C13H14BrClN4O. The van der Waals surface area contributed by atoms with E-state index in [-0.39, 0.29) is 0 Å².